The first-order chi connectivity index (χ1) is 10.9. The minimum Gasteiger partial charge on any atom is -0.359 e. The summed E-state index contributed by atoms with van der Waals surface area (Å²) in [5, 5.41) is 5.47. The zero-order valence-corrected chi connectivity index (χ0v) is 14.5. The van der Waals surface area contributed by atoms with Crippen LogP contribution in [0.5, 0.6) is 0 Å². The number of fused-ring (bicyclic) bond motifs is 1. The lowest BCUT2D eigenvalue weighted by atomic mass is 10.1. The number of hydrogen-bond donors (Lipinski definition) is 0. The van der Waals surface area contributed by atoms with Crippen molar-refractivity contribution in [3.8, 4) is 0 Å². The van der Waals surface area contributed by atoms with E-state index >= 15 is 0 Å². The van der Waals surface area contributed by atoms with Gasteiger partial charge in [-0.25, -0.2) is 9.97 Å². The van der Waals surface area contributed by atoms with Crippen molar-refractivity contribution in [2.45, 2.75) is 27.2 Å². The topological polar surface area (TPSA) is 67.2 Å². The van der Waals surface area contributed by atoms with Gasteiger partial charge in [0.15, 0.2) is 5.65 Å². The molecule has 0 N–H and O–H groups in total. The number of nitrogens with zero attached hydrogens (tertiary/aromatic N) is 6. The molecule has 7 heteroatoms. The largest absolute Gasteiger partial charge is 0.359 e. The lowest BCUT2D eigenvalue weighted by Gasteiger charge is -2.23. The van der Waals surface area contributed by atoms with Gasteiger partial charge in [0.2, 0.25) is 5.91 Å². The van der Waals surface area contributed by atoms with Crippen molar-refractivity contribution in [3.63, 3.8) is 0 Å². The summed E-state index contributed by atoms with van der Waals surface area (Å²) >= 11 is 0. The van der Waals surface area contributed by atoms with Gasteiger partial charge in [0.05, 0.1) is 11.1 Å². The van der Waals surface area contributed by atoms with E-state index in [0.29, 0.717) is 12.3 Å². The van der Waals surface area contributed by atoms with Gasteiger partial charge in [-0.15, -0.1) is 0 Å². The number of rotatable bonds is 4. The number of anilines is 1. The number of amides is 1. The van der Waals surface area contributed by atoms with Crippen LogP contribution in [0.25, 0.3) is 11.0 Å². The van der Waals surface area contributed by atoms with E-state index < -0.39 is 0 Å². The molecule has 0 unspecified atom stereocenters. The van der Waals surface area contributed by atoms with E-state index in [1.54, 1.807) is 4.68 Å². The Morgan fingerprint density at radius 2 is 2.04 bits per heavy atom. The molecule has 124 valence electrons. The van der Waals surface area contributed by atoms with E-state index in [0.717, 1.165) is 48.0 Å². The van der Waals surface area contributed by atoms with Crippen LogP contribution >= 0.6 is 0 Å². The highest BCUT2D eigenvalue weighted by Gasteiger charge is 2.30. The predicted octanol–water partition coefficient (Wildman–Crippen LogP) is 1.28. The van der Waals surface area contributed by atoms with Crippen molar-refractivity contribution in [2.75, 3.05) is 31.6 Å². The van der Waals surface area contributed by atoms with Gasteiger partial charge in [-0.3, -0.25) is 9.48 Å². The molecule has 0 radical (unpaired) electrons. The van der Waals surface area contributed by atoms with Gasteiger partial charge in [-0.2, -0.15) is 5.10 Å². The normalized spacial score (nSPS) is 18.2. The minimum absolute atomic E-state index is 0.257. The van der Waals surface area contributed by atoms with E-state index in [1.165, 1.54) is 0 Å². The van der Waals surface area contributed by atoms with E-state index in [-0.39, 0.29) is 5.91 Å². The second kappa shape index (κ2) is 5.79. The molecule has 0 bridgehead atoms. The molecule has 0 aliphatic carbocycles. The summed E-state index contributed by atoms with van der Waals surface area (Å²) in [5.41, 5.74) is 1.79. The van der Waals surface area contributed by atoms with E-state index in [1.807, 2.05) is 39.8 Å². The lowest BCUT2D eigenvalue weighted by molar-refractivity contribution is -0.127. The standard InChI is InChI=1S/C16H24N6O/c1-6-22-9-12(7-13(22)23)8-20(4)15-14-10(2)19-21(5)16(14)18-11(3)17-15/h12H,6-9H2,1-5H3/t12-/m1/s1. The van der Waals surface area contributed by atoms with Gasteiger partial charge in [0.1, 0.15) is 11.6 Å². The SMILES string of the molecule is CCN1C[C@@H](CN(C)c2nc(C)nc3c2c(C)nn3C)CC1=O. The average Bonchev–Trinajstić information content (AvgIpc) is 2.98. The molecule has 1 fully saturated rings. The van der Waals surface area contributed by atoms with Crippen LogP contribution in [0.2, 0.25) is 0 Å². The van der Waals surface area contributed by atoms with Crippen molar-refractivity contribution < 1.29 is 4.79 Å². The van der Waals surface area contributed by atoms with Gasteiger partial charge in [-0.05, 0) is 20.8 Å². The molecule has 1 saturated heterocycles. The molecule has 0 spiro atoms. The third-order valence-corrected chi connectivity index (χ3v) is 4.52. The van der Waals surface area contributed by atoms with Crippen LogP contribution in [-0.4, -0.2) is 57.2 Å². The van der Waals surface area contributed by atoms with Crippen LogP contribution in [0.4, 0.5) is 5.82 Å². The van der Waals surface area contributed by atoms with Crippen LogP contribution in [0.3, 0.4) is 0 Å². The van der Waals surface area contributed by atoms with Crippen molar-refractivity contribution in [1.82, 2.24) is 24.6 Å². The van der Waals surface area contributed by atoms with Gasteiger partial charge in [-0.1, -0.05) is 0 Å². The van der Waals surface area contributed by atoms with E-state index in [2.05, 4.69) is 20.0 Å². The highest BCUT2D eigenvalue weighted by molar-refractivity contribution is 5.89. The monoisotopic (exact) mass is 316 g/mol. The van der Waals surface area contributed by atoms with Gasteiger partial charge >= 0.3 is 0 Å². The molecule has 3 heterocycles. The summed E-state index contributed by atoms with van der Waals surface area (Å²) < 4.78 is 1.80. The van der Waals surface area contributed by atoms with Gasteiger partial charge < -0.3 is 9.80 Å². The predicted molar refractivity (Wildman–Crippen MR) is 89.4 cm³/mol. The van der Waals surface area contributed by atoms with Crippen molar-refractivity contribution in [1.29, 1.82) is 0 Å². The maximum absolute atomic E-state index is 11.9. The summed E-state index contributed by atoms with van der Waals surface area (Å²) in [7, 11) is 3.94. The number of carbonyl (C=O) groups is 1. The smallest absolute Gasteiger partial charge is 0.222 e. The van der Waals surface area contributed by atoms with Crippen molar-refractivity contribution >= 4 is 22.8 Å². The first-order valence-corrected chi connectivity index (χ1v) is 8.07. The second-order valence-electron chi connectivity index (χ2n) is 6.39. The Bertz CT molecular complexity index is 753. The molecule has 2 aromatic heterocycles. The maximum atomic E-state index is 11.9. The molecule has 1 amide bonds. The Balaban J connectivity index is 1.89. The molecule has 23 heavy (non-hydrogen) atoms. The maximum Gasteiger partial charge on any atom is 0.222 e. The van der Waals surface area contributed by atoms with Crippen molar-refractivity contribution in [2.24, 2.45) is 13.0 Å². The van der Waals surface area contributed by atoms with Crippen LogP contribution in [0.15, 0.2) is 0 Å². The van der Waals surface area contributed by atoms with Crippen LogP contribution in [0.1, 0.15) is 24.9 Å². The molecular formula is C16H24N6O. The Morgan fingerprint density at radius 1 is 1.30 bits per heavy atom. The average molecular weight is 316 g/mol. The Kier molecular flexibility index (Phi) is 3.95. The number of aryl methyl sites for hydroxylation is 3. The van der Waals surface area contributed by atoms with Gasteiger partial charge in [0.25, 0.3) is 0 Å². The summed E-state index contributed by atoms with van der Waals surface area (Å²) in [5.74, 6) is 2.24. The first kappa shape index (κ1) is 15.7. The van der Waals surface area contributed by atoms with Crippen molar-refractivity contribution in [3.05, 3.63) is 11.5 Å². The fourth-order valence-electron chi connectivity index (χ4n) is 3.46. The molecule has 1 aliphatic heterocycles. The van der Waals surface area contributed by atoms with E-state index in [9.17, 15) is 4.79 Å². The summed E-state index contributed by atoms with van der Waals surface area (Å²) in [6.07, 6.45) is 0.622. The summed E-state index contributed by atoms with van der Waals surface area (Å²) in [6.45, 7) is 8.34. The van der Waals surface area contributed by atoms with Gasteiger partial charge in [0, 0.05) is 46.1 Å². The quantitative estimate of drug-likeness (QED) is 0.850. The first-order valence-electron chi connectivity index (χ1n) is 8.07. The molecular weight excluding hydrogens is 292 g/mol. The number of hydrogen-bond acceptors (Lipinski definition) is 5. The molecule has 7 nitrogen and oxygen atoms in total. The fourth-order valence-corrected chi connectivity index (χ4v) is 3.46. The Morgan fingerprint density at radius 3 is 2.70 bits per heavy atom. The summed E-state index contributed by atoms with van der Waals surface area (Å²) in [4.78, 5) is 25.1. The number of likely N-dealkylation sites (tertiary alicyclic amines) is 1. The summed E-state index contributed by atoms with van der Waals surface area (Å²) in [6, 6.07) is 0. The van der Waals surface area contributed by atoms with E-state index in [4.69, 9.17) is 0 Å². The number of carbonyl (C=O) groups excluding carboxylic acids is 1. The molecule has 1 atom stereocenters. The van der Waals surface area contributed by atoms with Crippen LogP contribution < -0.4 is 4.90 Å². The molecule has 0 aromatic carbocycles. The highest BCUT2D eigenvalue weighted by atomic mass is 16.2. The van der Waals surface area contributed by atoms with Crippen LogP contribution in [0, 0.1) is 19.8 Å². The second-order valence-corrected chi connectivity index (χ2v) is 6.39. The molecule has 0 saturated carbocycles. The zero-order valence-electron chi connectivity index (χ0n) is 14.5. The fraction of sp³-hybridized carbons (Fsp3) is 0.625. The molecule has 1 aliphatic rings. The Hall–Kier alpha value is -2.18. The lowest BCUT2D eigenvalue weighted by Crippen LogP contribution is -2.29. The molecule has 3 rings (SSSR count). The zero-order chi connectivity index (χ0) is 16.7. The third kappa shape index (κ3) is 2.75. The highest BCUT2D eigenvalue weighted by Crippen LogP contribution is 2.27. The number of aromatic nitrogens is 4. The molecule has 2 aromatic rings. The third-order valence-electron chi connectivity index (χ3n) is 4.52. The Labute approximate surface area is 136 Å². The van der Waals surface area contributed by atoms with Crippen LogP contribution in [-0.2, 0) is 11.8 Å². The minimum atomic E-state index is 0.257.